The van der Waals surface area contributed by atoms with Crippen LogP contribution in [0.1, 0.15) is 12.5 Å². The summed E-state index contributed by atoms with van der Waals surface area (Å²) in [5.74, 6) is -1.72. The number of carbonyl (C=O) groups excluding carboxylic acids is 1. The molecule has 0 aliphatic rings. The molecular formula is C17H16F4N2O3S. The van der Waals surface area contributed by atoms with Crippen molar-refractivity contribution in [1.82, 2.24) is 0 Å². The topological polar surface area (TPSA) is 66.5 Å². The highest BCUT2D eigenvalue weighted by atomic mass is 32.2. The van der Waals surface area contributed by atoms with Crippen LogP contribution in [-0.4, -0.2) is 26.6 Å². The number of anilines is 2. The third kappa shape index (κ3) is 4.97. The Morgan fingerprint density at radius 2 is 1.74 bits per heavy atom. The molecule has 2 aromatic rings. The number of benzene rings is 2. The molecule has 0 saturated carbocycles. The summed E-state index contributed by atoms with van der Waals surface area (Å²) >= 11 is 0. The Balaban J connectivity index is 2.38. The lowest BCUT2D eigenvalue weighted by Gasteiger charge is -2.28. The second-order valence-corrected chi connectivity index (χ2v) is 7.61. The van der Waals surface area contributed by atoms with Crippen LogP contribution >= 0.6 is 0 Å². The van der Waals surface area contributed by atoms with E-state index in [0.29, 0.717) is 4.31 Å². The van der Waals surface area contributed by atoms with E-state index < -0.39 is 45.2 Å². The van der Waals surface area contributed by atoms with E-state index in [1.807, 2.05) is 0 Å². The number of sulfonamides is 1. The molecule has 2 rings (SSSR count). The molecule has 27 heavy (non-hydrogen) atoms. The number of hydrogen-bond donors (Lipinski definition) is 1. The molecule has 0 heterocycles. The van der Waals surface area contributed by atoms with E-state index in [4.69, 9.17) is 0 Å². The van der Waals surface area contributed by atoms with Gasteiger partial charge in [-0.1, -0.05) is 18.2 Å². The molecule has 1 atom stereocenters. The number of hydrogen-bond acceptors (Lipinski definition) is 3. The molecule has 5 nitrogen and oxygen atoms in total. The van der Waals surface area contributed by atoms with Crippen LogP contribution in [0.2, 0.25) is 0 Å². The minimum Gasteiger partial charge on any atom is -0.324 e. The number of nitrogens with one attached hydrogen (secondary N) is 1. The maximum absolute atomic E-state index is 13.5. The van der Waals surface area contributed by atoms with Gasteiger partial charge in [0.25, 0.3) is 0 Å². The first-order valence-corrected chi connectivity index (χ1v) is 9.48. The van der Waals surface area contributed by atoms with Crippen molar-refractivity contribution in [3.05, 3.63) is 59.9 Å². The highest BCUT2D eigenvalue weighted by Gasteiger charge is 2.35. The zero-order chi connectivity index (χ0) is 20.4. The van der Waals surface area contributed by atoms with E-state index in [1.165, 1.54) is 25.1 Å². The van der Waals surface area contributed by atoms with Gasteiger partial charge in [-0.05, 0) is 37.3 Å². The Morgan fingerprint density at radius 3 is 2.30 bits per heavy atom. The lowest BCUT2D eigenvalue weighted by atomic mass is 10.1. The van der Waals surface area contributed by atoms with Crippen molar-refractivity contribution in [3.63, 3.8) is 0 Å². The molecule has 0 aliphatic carbocycles. The molecule has 0 bridgehead atoms. The first kappa shape index (κ1) is 20.7. The number of rotatable bonds is 5. The van der Waals surface area contributed by atoms with Crippen molar-refractivity contribution < 1.29 is 30.8 Å². The first-order chi connectivity index (χ1) is 12.4. The fourth-order valence-corrected chi connectivity index (χ4v) is 3.67. The van der Waals surface area contributed by atoms with E-state index in [1.54, 1.807) is 0 Å². The SMILES string of the molecule is C[C@@H](C(=O)Nc1ccccc1C(F)(F)F)N(c1cccc(F)c1)S(C)(=O)=O. The first-order valence-electron chi connectivity index (χ1n) is 7.63. The summed E-state index contributed by atoms with van der Waals surface area (Å²) in [5.41, 5.74) is -1.69. The molecule has 2 aromatic carbocycles. The second kappa shape index (κ2) is 7.55. The molecule has 0 spiro atoms. The Hall–Kier alpha value is -2.62. The number of alkyl halides is 3. The Kier molecular flexibility index (Phi) is 5.79. The largest absolute Gasteiger partial charge is 0.418 e. The van der Waals surface area contributed by atoms with E-state index in [0.717, 1.165) is 36.6 Å². The monoisotopic (exact) mass is 404 g/mol. The number of halogens is 4. The summed E-state index contributed by atoms with van der Waals surface area (Å²) in [5, 5.41) is 2.09. The summed E-state index contributed by atoms with van der Waals surface area (Å²) in [6.07, 6.45) is -3.89. The van der Waals surface area contributed by atoms with Crippen LogP contribution in [0, 0.1) is 5.82 Å². The van der Waals surface area contributed by atoms with Gasteiger partial charge in [0.15, 0.2) is 0 Å². The molecular weight excluding hydrogens is 388 g/mol. The van der Waals surface area contributed by atoms with Gasteiger partial charge in [-0.15, -0.1) is 0 Å². The van der Waals surface area contributed by atoms with E-state index >= 15 is 0 Å². The number of amides is 1. The van der Waals surface area contributed by atoms with Crippen LogP contribution in [0.5, 0.6) is 0 Å². The summed E-state index contributed by atoms with van der Waals surface area (Å²) in [6.45, 7) is 1.19. The van der Waals surface area contributed by atoms with Gasteiger partial charge >= 0.3 is 6.18 Å². The molecule has 0 radical (unpaired) electrons. The zero-order valence-corrected chi connectivity index (χ0v) is 15.1. The Morgan fingerprint density at radius 1 is 1.11 bits per heavy atom. The summed E-state index contributed by atoms with van der Waals surface area (Å²) in [4.78, 5) is 12.5. The van der Waals surface area contributed by atoms with Gasteiger partial charge in [0.1, 0.15) is 11.9 Å². The predicted molar refractivity (Wildman–Crippen MR) is 93.3 cm³/mol. The normalized spacial score (nSPS) is 13.1. The Bertz CT molecular complexity index is 945. The molecule has 0 saturated heterocycles. The molecule has 10 heteroatoms. The molecule has 1 N–H and O–H groups in total. The molecule has 1 amide bonds. The van der Waals surface area contributed by atoms with Gasteiger partial charge in [0.05, 0.1) is 23.2 Å². The number of carbonyl (C=O) groups is 1. The summed E-state index contributed by atoms with van der Waals surface area (Å²) < 4.78 is 77.5. The summed E-state index contributed by atoms with van der Waals surface area (Å²) in [7, 11) is -4.03. The zero-order valence-electron chi connectivity index (χ0n) is 14.3. The highest BCUT2D eigenvalue weighted by Crippen LogP contribution is 2.34. The molecule has 0 aromatic heterocycles. The van der Waals surface area contributed by atoms with Crippen molar-refractivity contribution in [2.75, 3.05) is 15.9 Å². The van der Waals surface area contributed by atoms with Crippen LogP contribution < -0.4 is 9.62 Å². The van der Waals surface area contributed by atoms with Crippen molar-refractivity contribution >= 4 is 27.3 Å². The van der Waals surface area contributed by atoms with Crippen LogP contribution in [0.15, 0.2) is 48.5 Å². The van der Waals surface area contributed by atoms with Crippen molar-refractivity contribution in [3.8, 4) is 0 Å². The molecule has 0 aliphatic heterocycles. The van der Waals surface area contributed by atoms with Gasteiger partial charge in [0, 0.05) is 0 Å². The molecule has 0 unspecified atom stereocenters. The summed E-state index contributed by atoms with van der Waals surface area (Å²) in [6, 6.07) is 7.42. The van der Waals surface area contributed by atoms with Gasteiger partial charge < -0.3 is 5.32 Å². The molecule has 146 valence electrons. The average Bonchev–Trinajstić information content (AvgIpc) is 2.53. The number of nitrogens with zero attached hydrogens (tertiary/aromatic N) is 1. The van der Waals surface area contributed by atoms with Crippen molar-refractivity contribution in [2.24, 2.45) is 0 Å². The van der Waals surface area contributed by atoms with Gasteiger partial charge in [0.2, 0.25) is 15.9 Å². The highest BCUT2D eigenvalue weighted by molar-refractivity contribution is 7.92. The smallest absolute Gasteiger partial charge is 0.324 e. The lowest BCUT2D eigenvalue weighted by molar-refractivity contribution is -0.137. The maximum Gasteiger partial charge on any atom is 0.418 e. The van der Waals surface area contributed by atoms with E-state index in [9.17, 15) is 30.8 Å². The minimum absolute atomic E-state index is 0.121. The lowest BCUT2D eigenvalue weighted by Crippen LogP contribution is -2.45. The fraction of sp³-hybridized carbons (Fsp3) is 0.235. The van der Waals surface area contributed by atoms with Gasteiger partial charge in [-0.2, -0.15) is 13.2 Å². The van der Waals surface area contributed by atoms with Gasteiger partial charge in [-0.3, -0.25) is 9.10 Å². The second-order valence-electron chi connectivity index (χ2n) is 5.75. The predicted octanol–water partition coefficient (Wildman–Crippen LogP) is 3.64. The van der Waals surface area contributed by atoms with Crippen molar-refractivity contribution in [1.29, 1.82) is 0 Å². The van der Waals surface area contributed by atoms with Gasteiger partial charge in [-0.25, -0.2) is 12.8 Å². The number of para-hydroxylation sites is 1. The third-order valence-corrected chi connectivity index (χ3v) is 4.88. The fourth-order valence-electron chi connectivity index (χ4n) is 2.50. The maximum atomic E-state index is 13.5. The van der Waals surface area contributed by atoms with Crippen LogP contribution in [-0.2, 0) is 21.0 Å². The van der Waals surface area contributed by atoms with Crippen LogP contribution in [0.25, 0.3) is 0 Å². The minimum atomic E-state index is -4.70. The van der Waals surface area contributed by atoms with Crippen LogP contribution in [0.3, 0.4) is 0 Å². The van der Waals surface area contributed by atoms with E-state index in [-0.39, 0.29) is 5.69 Å². The average molecular weight is 404 g/mol. The third-order valence-electron chi connectivity index (χ3n) is 3.64. The standard InChI is InChI=1S/C17H16F4N2O3S/c1-11(23(27(2,25)26)13-7-5-6-12(18)10-13)16(24)22-15-9-4-3-8-14(15)17(19,20)21/h3-11H,1-2H3,(H,22,24)/t11-/m0/s1. The molecule has 0 fully saturated rings. The van der Waals surface area contributed by atoms with Crippen molar-refractivity contribution in [2.45, 2.75) is 19.1 Å². The van der Waals surface area contributed by atoms with E-state index in [2.05, 4.69) is 5.32 Å². The quantitative estimate of drug-likeness (QED) is 0.774. The Labute approximate surface area is 153 Å². The van der Waals surface area contributed by atoms with Crippen LogP contribution in [0.4, 0.5) is 28.9 Å².